The van der Waals surface area contributed by atoms with Gasteiger partial charge in [0.05, 0.1) is 17.8 Å². The number of nitrogens with one attached hydrogen (secondary N) is 1. The third-order valence-corrected chi connectivity index (χ3v) is 4.39. The number of rotatable bonds is 6. The van der Waals surface area contributed by atoms with Gasteiger partial charge in [-0.3, -0.25) is 0 Å². The molecule has 2 rings (SSSR count). The van der Waals surface area contributed by atoms with Crippen molar-refractivity contribution in [2.75, 3.05) is 6.61 Å². The molecule has 0 radical (unpaired) electrons. The minimum atomic E-state index is -3.88. The summed E-state index contributed by atoms with van der Waals surface area (Å²) in [5.41, 5.74) is 0.937. The van der Waals surface area contributed by atoms with Crippen LogP contribution in [0.25, 0.3) is 0 Å². The van der Waals surface area contributed by atoms with Gasteiger partial charge in [-0.2, -0.15) is 4.72 Å². The average molecular weight is 323 g/mol. The molecule has 6 nitrogen and oxygen atoms in total. The van der Waals surface area contributed by atoms with Crippen molar-refractivity contribution < 1.29 is 22.4 Å². The minimum absolute atomic E-state index is 0.0685. The zero-order valence-electron chi connectivity index (χ0n) is 12.3. The van der Waals surface area contributed by atoms with E-state index < -0.39 is 22.0 Å². The number of aryl methyl sites for hydroxylation is 1. The van der Waals surface area contributed by atoms with E-state index in [0.29, 0.717) is 0 Å². The third-order valence-electron chi connectivity index (χ3n) is 2.95. The highest BCUT2D eigenvalue weighted by atomic mass is 32.2. The van der Waals surface area contributed by atoms with E-state index in [-0.39, 0.29) is 17.3 Å². The van der Waals surface area contributed by atoms with E-state index in [9.17, 15) is 13.2 Å². The van der Waals surface area contributed by atoms with Crippen LogP contribution in [0, 0.1) is 6.92 Å². The van der Waals surface area contributed by atoms with E-state index in [0.717, 1.165) is 5.56 Å². The fraction of sp³-hybridized carbons (Fsp3) is 0.267. The van der Waals surface area contributed by atoms with Crippen molar-refractivity contribution in [3.63, 3.8) is 0 Å². The van der Waals surface area contributed by atoms with Gasteiger partial charge in [0, 0.05) is 0 Å². The lowest BCUT2D eigenvalue weighted by molar-refractivity contribution is -0.145. The summed E-state index contributed by atoms with van der Waals surface area (Å²) in [5.74, 6) is -0.540. The molecule has 0 fully saturated rings. The highest BCUT2D eigenvalue weighted by Gasteiger charge is 2.30. The molecule has 0 aliphatic carbocycles. The van der Waals surface area contributed by atoms with Crippen LogP contribution in [0.2, 0.25) is 0 Å². The Morgan fingerprint density at radius 2 is 1.95 bits per heavy atom. The lowest BCUT2D eigenvalue weighted by Crippen LogP contribution is -2.34. The van der Waals surface area contributed by atoms with E-state index in [2.05, 4.69) is 4.72 Å². The van der Waals surface area contributed by atoms with Gasteiger partial charge in [-0.1, -0.05) is 17.7 Å². The molecule has 1 aromatic heterocycles. The molecular formula is C15H17NO5S. The van der Waals surface area contributed by atoms with Gasteiger partial charge in [-0.25, -0.2) is 13.2 Å². The Morgan fingerprint density at radius 3 is 2.50 bits per heavy atom. The third kappa shape index (κ3) is 3.75. The maximum absolute atomic E-state index is 12.4. The first-order valence-electron chi connectivity index (χ1n) is 6.73. The van der Waals surface area contributed by atoms with Crippen molar-refractivity contribution in [2.24, 2.45) is 0 Å². The normalized spacial score (nSPS) is 12.8. The molecule has 0 unspecified atom stereocenters. The van der Waals surface area contributed by atoms with Gasteiger partial charge in [-0.15, -0.1) is 0 Å². The van der Waals surface area contributed by atoms with Gasteiger partial charge in [-0.05, 0) is 38.1 Å². The molecule has 0 aliphatic heterocycles. The van der Waals surface area contributed by atoms with E-state index in [1.807, 2.05) is 6.92 Å². The van der Waals surface area contributed by atoms with Crippen molar-refractivity contribution in [1.29, 1.82) is 0 Å². The number of benzene rings is 1. The number of esters is 1. The topological polar surface area (TPSA) is 85.6 Å². The van der Waals surface area contributed by atoms with Crippen LogP contribution >= 0.6 is 0 Å². The standard InChI is InChI=1S/C15H17NO5S/c1-3-20-15(17)14(13-5-4-10-21-13)16-22(18,19)12-8-6-11(2)7-9-12/h4-10,14,16H,3H2,1-2H3/t14-/m0/s1. The number of sulfonamides is 1. The molecule has 2 aromatic rings. The Labute approximate surface area is 129 Å². The van der Waals surface area contributed by atoms with E-state index in [1.165, 1.54) is 24.5 Å². The SMILES string of the molecule is CCOC(=O)[C@@H](NS(=O)(=O)c1ccc(C)cc1)c1ccco1. The maximum Gasteiger partial charge on any atom is 0.332 e. The number of hydrogen-bond donors (Lipinski definition) is 1. The number of ether oxygens (including phenoxy) is 1. The molecule has 0 saturated carbocycles. The van der Waals surface area contributed by atoms with Crippen molar-refractivity contribution in [3.05, 3.63) is 54.0 Å². The van der Waals surface area contributed by atoms with Crippen LogP contribution in [-0.4, -0.2) is 21.0 Å². The van der Waals surface area contributed by atoms with Crippen LogP contribution in [-0.2, 0) is 19.6 Å². The monoisotopic (exact) mass is 323 g/mol. The number of carbonyl (C=O) groups is 1. The maximum atomic E-state index is 12.4. The van der Waals surface area contributed by atoms with Gasteiger partial charge in [0.25, 0.3) is 0 Å². The Bertz CT molecular complexity index is 720. The zero-order valence-corrected chi connectivity index (χ0v) is 13.1. The molecule has 1 atom stereocenters. The second-order valence-electron chi connectivity index (χ2n) is 4.63. The summed E-state index contributed by atoms with van der Waals surface area (Å²) < 4.78 is 37.2. The zero-order chi connectivity index (χ0) is 16.2. The van der Waals surface area contributed by atoms with Crippen LogP contribution in [0.5, 0.6) is 0 Å². The first-order valence-corrected chi connectivity index (χ1v) is 8.21. The molecule has 0 amide bonds. The van der Waals surface area contributed by atoms with Crippen LogP contribution in [0.15, 0.2) is 52.0 Å². The Hall–Kier alpha value is -2.12. The molecule has 0 bridgehead atoms. The van der Waals surface area contributed by atoms with Crippen LogP contribution in [0.4, 0.5) is 0 Å². The summed E-state index contributed by atoms with van der Waals surface area (Å²) in [7, 11) is -3.88. The Morgan fingerprint density at radius 1 is 1.27 bits per heavy atom. The molecule has 0 saturated heterocycles. The Balaban J connectivity index is 2.30. The summed E-state index contributed by atoms with van der Waals surface area (Å²) in [6.07, 6.45) is 1.36. The largest absolute Gasteiger partial charge is 0.467 e. The van der Waals surface area contributed by atoms with Gasteiger partial charge >= 0.3 is 5.97 Å². The molecule has 1 aromatic carbocycles. The highest BCUT2D eigenvalue weighted by molar-refractivity contribution is 7.89. The molecular weight excluding hydrogens is 306 g/mol. The van der Waals surface area contributed by atoms with Crippen molar-refractivity contribution >= 4 is 16.0 Å². The molecule has 0 aliphatic rings. The highest BCUT2D eigenvalue weighted by Crippen LogP contribution is 2.19. The molecule has 118 valence electrons. The molecule has 22 heavy (non-hydrogen) atoms. The second kappa shape index (κ2) is 6.76. The second-order valence-corrected chi connectivity index (χ2v) is 6.35. The summed E-state index contributed by atoms with van der Waals surface area (Å²) >= 11 is 0. The number of carbonyl (C=O) groups excluding carboxylic acids is 1. The van der Waals surface area contributed by atoms with Crippen LogP contribution < -0.4 is 4.72 Å². The average Bonchev–Trinajstić information content (AvgIpc) is 2.99. The number of furan rings is 1. The van der Waals surface area contributed by atoms with E-state index >= 15 is 0 Å². The lowest BCUT2D eigenvalue weighted by atomic mass is 10.2. The molecule has 0 spiro atoms. The van der Waals surface area contributed by atoms with Gasteiger partial charge in [0.15, 0.2) is 6.04 Å². The van der Waals surface area contributed by atoms with Gasteiger partial charge in [0.1, 0.15) is 5.76 Å². The van der Waals surface area contributed by atoms with Gasteiger partial charge in [0.2, 0.25) is 10.0 Å². The quantitative estimate of drug-likeness (QED) is 0.823. The van der Waals surface area contributed by atoms with Gasteiger partial charge < -0.3 is 9.15 Å². The fourth-order valence-electron chi connectivity index (χ4n) is 1.84. The summed E-state index contributed by atoms with van der Waals surface area (Å²) in [6, 6.07) is 8.17. The van der Waals surface area contributed by atoms with Crippen molar-refractivity contribution in [3.8, 4) is 0 Å². The summed E-state index contributed by atoms with van der Waals surface area (Å²) in [6.45, 7) is 3.64. The van der Waals surface area contributed by atoms with E-state index in [1.54, 1.807) is 25.1 Å². The fourth-order valence-corrected chi connectivity index (χ4v) is 3.00. The predicted molar refractivity (Wildman–Crippen MR) is 79.6 cm³/mol. The van der Waals surface area contributed by atoms with Crippen LogP contribution in [0.1, 0.15) is 24.3 Å². The van der Waals surface area contributed by atoms with Crippen molar-refractivity contribution in [2.45, 2.75) is 24.8 Å². The molecule has 1 N–H and O–H groups in total. The lowest BCUT2D eigenvalue weighted by Gasteiger charge is -2.15. The smallest absolute Gasteiger partial charge is 0.332 e. The summed E-state index contributed by atoms with van der Waals surface area (Å²) in [4.78, 5) is 12.1. The molecule has 7 heteroatoms. The van der Waals surface area contributed by atoms with Crippen LogP contribution in [0.3, 0.4) is 0 Å². The number of hydrogen-bond acceptors (Lipinski definition) is 5. The Kier molecular flexibility index (Phi) is 4.99. The van der Waals surface area contributed by atoms with Crippen molar-refractivity contribution in [1.82, 2.24) is 4.72 Å². The first kappa shape index (κ1) is 16.3. The predicted octanol–water partition coefficient (Wildman–Crippen LogP) is 2.17. The summed E-state index contributed by atoms with van der Waals surface area (Å²) in [5, 5.41) is 0. The molecule has 1 heterocycles. The van der Waals surface area contributed by atoms with E-state index in [4.69, 9.17) is 9.15 Å². The minimum Gasteiger partial charge on any atom is -0.467 e. The first-order chi connectivity index (χ1) is 10.4.